The maximum atomic E-state index is 12.5. The number of ether oxygens (including phenoxy) is 1. The predicted molar refractivity (Wildman–Crippen MR) is 77.4 cm³/mol. The van der Waals surface area contributed by atoms with Gasteiger partial charge in [0.15, 0.2) is 0 Å². The third kappa shape index (κ3) is 3.00. The Morgan fingerprint density at radius 3 is 2.60 bits per heavy atom. The van der Waals surface area contributed by atoms with Crippen LogP contribution in [0.1, 0.15) is 38.5 Å². The van der Waals surface area contributed by atoms with Gasteiger partial charge in [0.2, 0.25) is 0 Å². The van der Waals surface area contributed by atoms with Crippen LogP contribution in [0.4, 0.5) is 0 Å². The van der Waals surface area contributed by atoms with Gasteiger partial charge in [0.05, 0.1) is 6.10 Å². The molecule has 0 spiro atoms. The molecule has 0 aromatic carbocycles. The molecule has 3 fully saturated rings. The molecule has 2 N–H and O–H groups in total. The zero-order valence-electron chi connectivity index (χ0n) is 12.3. The molecule has 3 rings (SSSR count). The third-order valence-corrected chi connectivity index (χ3v) is 5.03. The minimum absolute atomic E-state index is 0.0874. The van der Waals surface area contributed by atoms with Gasteiger partial charge < -0.3 is 15.4 Å². The summed E-state index contributed by atoms with van der Waals surface area (Å²) in [5.74, 6) is 0.195. The third-order valence-electron chi connectivity index (χ3n) is 5.03. The largest absolute Gasteiger partial charge is 0.364 e. The summed E-state index contributed by atoms with van der Waals surface area (Å²) in [5.41, 5.74) is 5.61. The summed E-state index contributed by atoms with van der Waals surface area (Å²) in [6.07, 6.45) is 6.74. The predicted octanol–water partition coefficient (Wildman–Crippen LogP) is 0.580. The number of hydrogen-bond acceptors (Lipinski definition) is 4. The van der Waals surface area contributed by atoms with E-state index in [1.54, 1.807) is 0 Å². The van der Waals surface area contributed by atoms with Gasteiger partial charge in [-0.1, -0.05) is 6.42 Å². The van der Waals surface area contributed by atoms with Gasteiger partial charge in [0.1, 0.15) is 6.10 Å². The lowest BCUT2D eigenvalue weighted by Crippen LogP contribution is -2.43. The number of carbonyl (C=O) groups excluding carboxylic acids is 1. The second-order valence-electron chi connectivity index (χ2n) is 6.38. The molecule has 1 amide bonds. The van der Waals surface area contributed by atoms with Gasteiger partial charge >= 0.3 is 0 Å². The van der Waals surface area contributed by atoms with Crippen LogP contribution in [0.15, 0.2) is 0 Å². The summed E-state index contributed by atoms with van der Waals surface area (Å²) in [7, 11) is 0. The standard InChI is InChI=1S/C15H27N3O2/c16-10-13-4-5-14(20-13)15(19)18-9-6-12(11-18)17-7-2-1-3-8-17/h12-14H,1-11,16H2. The summed E-state index contributed by atoms with van der Waals surface area (Å²) < 4.78 is 5.74. The Balaban J connectivity index is 1.50. The van der Waals surface area contributed by atoms with Crippen molar-refractivity contribution in [2.24, 2.45) is 5.73 Å². The number of carbonyl (C=O) groups is 1. The van der Waals surface area contributed by atoms with Gasteiger partial charge in [-0.3, -0.25) is 9.69 Å². The minimum atomic E-state index is -0.233. The lowest BCUT2D eigenvalue weighted by Gasteiger charge is -2.32. The highest BCUT2D eigenvalue weighted by Crippen LogP contribution is 2.25. The Bertz CT molecular complexity index is 344. The molecule has 5 heteroatoms. The smallest absolute Gasteiger partial charge is 0.251 e. The van der Waals surface area contributed by atoms with Crippen LogP contribution < -0.4 is 5.73 Å². The zero-order valence-corrected chi connectivity index (χ0v) is 12.3. The van der Waals surface area contributed by atoms with Crippen molar-refractivity contribution in [3.05, 3.63) is 0 Å². The maximum absolute atomic E-state index is 12.5. The van der Waals surface area contributed by atoms with Crippen LogP contribution in [-0.2, 0) is 9.53 Å². The monoisotopic (exact) mass is 281 g/mol. The van der Waals surface area contributed by atoms with Gasteiger partial charge in [0, 0.05) is 25.7 Å². The molecule has 0 aromatic rings. The fraction of sp³-hybridized carbons (Fsp3) is 0.933. The summed E-state index contributed by atoms with van der Waals surface area (Å²) in [4.78, 5) is 17.1. The molecule has 0 bridgehead atoms. The summed E-state index contributed by atoms with van der Waals surface area (Å²) in [6, 6.07) is 0.575. The van der Waals surface area contributed by atoms with Crippen molar-refractivity contribution in [2.45, 2.75) is 56.8 Å². The maximum Gasteiger partial charge on any atom is 0.251 e. The van der Waals surface area contributed by atoms with Gasteiger partial charge in [-0.25, -0.2) is 0 Å². The Morgan fingerprint density at radius 1 is 1.10 bits per heavy atom. The molecule has 114 valence electrons. The van der Waals surface area contributed by atoms with E-state index < -0.39 is 0 Å². The van der Waals surface area contributed by atoms with Crippen molar-refractivity contribution in [3.8, 4) is 0 Å². The first kappa shape index (κ1) is 14.3. The molecule has 3 saturated heterocycles. The first-order valence-corrected chi connectivity index (χ1v) is 8.16. The molecular formula is C15H27N3O2. The summed E-state index contributed by atoms with van der Waals surface area (Å²) in [6.45, 7) is 4.74. The average molecular weight is 281 g/mol. The van der Waals surface area contributed by atoms with Crippen LogP contribution in [0.25, 0.3) is 0 Å². The first-order chi connectivity index (χ1) is 9.78. The van der Waals surface area contributed by atoms with E-state index in [-0.39, 0.29) is 18.1 Å². The number of nitrogens with zero attached hydrogens (tertiary/aromatic N) is 2. The molecule has 3 unspecified atom stereocenters. The van der Waals surface area contributed by atoms with Crippen LogP contribution in [0.5, 0.6) is 0 Å². The topological polar surface area (TPSA) is 58.8 Å². The molecule has 0 aliphatic carbocycles. The van der Waals surface area contributed by atoms with E-state index in [0.717, 1.165) is 32.4 Å². The Hall–Kier alpha value is -0.650. The molecule has 3 atom stereocenters. The highest BCUT2D eigenvalue weighted by molar-refractivity contribution is 5.81. The Morgan fingerprint density at radius 2 is 1.90 bits per heavy atom. The molecular weight excluding hydrogens is 254 g/mol. The SMILES string of the molecule is NCC1CCC(C(=O)N2CCC(N3CCCCC3)C2)O1. The molecule has 3 aliphatic rings. The second kappa shape index (κ2) is 6.41. The van der Waals surface area contributed by atoms with E-state index in [1.807, 2.05) is 4.90 Å². The van der Waals surface area contributed by atoms with Crippen LogP contribution in [-0.4, -0.2) is 66.7 Å². The highest BCUT2D eigenvalue weighted by Gasteiger charge is 2.37. The molecule has 0 aromatic heterocycles. The van der Waals surface area contributed by atoms with Crippen molar-refractivity contribution >= 4 is 5.91 Å². The fourth-order valence-corrected chi connectivity index (χ4v) is 3.79. The van der Waals surface area contributed by atoms with Crippen molar-refractivity contribution in [1.29, 1.82) is 0 Å². The number of hydrogen-bond donors (Lipinski definition) is 1. The molecule has 0 radical (unpaired) electrons. The van der Waals surface area contributed by atoms with E-state index >= 15 is 0 Å². The van der Waals surface area contributed by atoms with Crippen LogP contribution in [0, 0.1) is 0 Å². The average Bonchev–Trinajstić information content (AvgIpc) is 3.17. The fourth-order valence-electron chi connectivity index (χ4n) is 3.79. The van der Waals surface area contributed by atoms with E-state index in [1.165, 1.54) is 32.4 Å². The zero-order chi connectivity index (χ0) is 13.9. The molecule has 5 nitrogen and oxygen atoms in total. The quantitative estimate of drug-likeness (QED) is 0.822. The molecule has 3 heterocycles. The van der Waals surface area contributed by atoms with Crippen molar-refractivity contribution < 1.29 is 9.53 Å². The van der Waals surface area contributed by atoms with E-state index in [0.29, 0.717) is 12.6 Å². The number of amides is 1. The number of nitrogens with two attached hydrogens (primary N) is 1. The lowest BCUT2D eigenvalue weighted by atomic mass is 10.1. The van der Waals surface area contributed by atoms with Gasteiger partial charge in [-0.2, -0.15) is 0 Å². The molecule has 20 heavy (non-hydrogen) atoms. The van der Waals surface area contributed by atoms with E-state index in [2.05, 4.69) is 4.90 Å². The van der Waals surface area contributed by atoms with Gasteiger partial charge in [-0.15, -0.1) is 0 Å². The van der Waals surface area contributed by atoms with Gasteiger partial charge in [-0.05, 0) is 45.2 Å². The van der Waals surface area contributed by atoms with Crippen molar-refractivity contribution in [1.82, 2.24) is 9.80 Å². The van der Waals surface area contributed by atoms with Crippen LogP contribution >= 0.6 is 0 Å². The van der Waals surface area contributed by atoms with Crippen molar-refractivity contribution in [2.75, 3.05) is 32.7 Å². The Kier molecular flexibility index (Phi) is 4.58. The van der Waals surface area contributed by atoms with Gasteiger partial charge in [0.25, 0.3) is 5.91 Å². The number of rotatable bonds is 3. The minimum Gasteiger partial charge on any atom is -0.364 e. The highest BCUT2D eigenvalue weighted by atomic mass is 16.5. The van der Waals surface area contributed by atoms with E-state index in [9.17, 15) is 4.79 Å². The summed E-state index contributed by atoms with van der Waals surface area (Å²) in [5, 5.41) is 0. The molecule has 3 aliphatic heterocycles. The Labute approximate surface area is 121 Å². The first-order valence-electron chi connectivity index (χ1n) is 8.16. The van der Waals surface area contributed by atoms with Crippen molar-refractivity contribution in [3.63, 3.8) is 0 Å². The normalized spacial score (nSPS) is 35.6. The summed E-state index contributed by atoms with van der Waals surface area (Å²) >= 11 is 0. The van der Waals surface area contributed by atoms with Crippen LogP contribution in [0.2, 0.25) is 0 Å². The number of likely N-dealkylation sites (tertiary alicyclic amines) is 2. The number of piperidine rings is 1. The van der Waals surface area contributed by atoms with E-state index in [4.69, 9.17) is 10.5 Å². The molecule has 0 saturated carbocycles. The van der Waals surface area contributed by atoms with Crippen LogP contribution in [0.3, 0.4) is 0 Å². The lowest BCUT2D eigenvalue weighted by molar-refractivity contribution is -0.141. The second-order valence-corrected chi connectivity index (χ2v) is 6.38.